The first-order chi connectivity index (χ1) is 9.24. The van der Waals surface area contributed by atoms with Gasteiger partial charge in [-0.15, -0.1) is 0 Å². The molecule has 0 aliphatic carbocycles. The predicted molar refractivity (Wildman–Crippen MR) is 76.3 cm³/mol. The summed E-state index contributed by atoms with van der Waals surface area (Å²) in [5.74, 6) is 0. The molecule has 0 bridgehead atoms. The fourth-order valence-electron chi connectivity index (χ4n) is 2.39. The summed E-state index contributed by atoms with van der Waals surface area (Å²) in [4.78, 5) is 14.1. The van der Waals surface area contributed by atoms with Crippen LogP contribution in [0.1, 0.15) is 26.2 Å². The molecule has 4 nitrogen and oxygen atoms in total. The van der Waals surface area contributed by atoms with E-state index in [0.29, 0.717) is 0 Å². The Labute approximate surface area is 114 Å². The third kappa shape index (κ3) is 4.91. The number of ether oxygens (including phenoxy) is 1. The third-order valence-corrected chi connectivity index (χ3v) is 3.29. The average Bonchev–Trinajstić information content (AvgIpc) is 2.40. The molecular weight excluding hydrogens is 240 g/mol. The molecule has 4 heteroatoms. The Morgan fingerprint density at radius 3 is 2.63 bits per heavy atom. The van der Waals surface area contributed by atoms with Gasteiger partial charge < -0.3 is 4.74 Å². The molecule has 1 aromatic carbocycles. The van der Waals surface area contributed by atoms with Crippen molar-refractivity contribution in [3.05, 3.63) is 30.3 Å². The fourth-order valence-corrected chi connectivity index (χ4v) is 2.39. The van der Waals surface area contributed by atoms with Gasteiger partial charge >= 0.3 is 6.09 Å². The first-order valence-corrected chi connectivity index (χ1v) is 6.99. The maximum absolute atomic E-state index is 11.7. The Balaban J connectivity index is 1.72. The molecule has 0 unspecified atom stereocenters. The minimum atomic E-state index is -0.379. The first-order valence-electron chi connectivity index (χ1n) is 6.99. The molecule has 1 heterocycles. The van der Waals surface area contributed by atoms with E-state index in [2.05, 4.69) is 10.2 Å². The van der Waals surface area contributed by atoms with Crippen molar-refractivity contribution in [1.29, 1.82) is 0 Å². The lowest BCUT2D eigenvalue weighted by Crippen LogP contribution is -2.37. The van der Waals surface area contributed by atoms with E-state index in [1.165, 1.54) is 19.3 Å². The summed E-state index contributed by atoms with van der Waals surface area (Å²) < 4.78 is 5.37. The third-order valence-electron chi connectivity index (χ3n) is 3.29. The summed E-state index contributed by atoms with van der Waals surface area (Å²) in [6.07, 6.45) is 3.36. The number of anilines is 1. The summed E-state index contributed by atoms with van der Waals surface area (Å²) in [5, 5.41) is 2.73. The second-order valence-electron chi connectivity index (χ2n) is 5.07. The van der Waals surface area contributed by atoms with Crippen LogP contribution in [0.2, 0.25) is 0 Å². The highest BCUT2D eigenvalue weighted by Gasteiger charge is 2.16. The van der Waals surface area contributed by atoms with Crippen molar-refractivity contribution < 1.29 is 9.53 Å². The molecule has 104 valence electrons. The number of likely N-dealkylation sites (tertiary alicyclic amines) is 1. The lowest BCUT2D eigenvalue weighted by Gasteiger charge is -2.28. The molecule has 0 saturated carbocycles. The van der Waals surface area contributed by atoms with Gasteiger partial charge in [0, 0.05) is 12.2 Å². The minimum Gasteiger partial charge on any atom is -0.445 e. The predicted octanol–water partition coefficient (Wildman–Crippen LogP) is 3.11. The molecular formula is C15H22N2O2. The van der Waals surface area contributed by atoms with E-state index in [4.69, 9.17) is 4.74 Å². The maximum Gasteiger partial charge on any atom is 0.411 e. The highest BCUT2D eigenvalue weighted by Crippen LogP contribution is 2.11. The Hall–Kier alpha value is -1.55. The fraction of sp³-hybridized carbons (Fsp3) is 0.533. The summed E-state index contributed by atoms with van der Waals surface area (Å²) in [7, 11) is 0. The Morgan fingerprint density at radius 2 is 1.95 bits per heavy atom. The quantitative estimate of drug-likeness (QED) is 0.906. The molecule has 1 aromatic rings. The Morgan fingerprint density at radius 1 is 1.26 bits per heavy atom. The van der Waals surface area contributed by atoms with Crippen molar-refractivity contribution in [2.24, 2.45) is 0 Å². The zero-order valence-corrected chi connectivity index (χ0v) is 11.5. The summed E-state index contributed by atoms with van der Waals surface area (Å²) in [6, 6.07) is 9.36. The molecule has 2 rings (SSSR count). The van der Waals surface area contributed by atoms with Crippen molar-refractivity contribution in [2.45, 2.75) is 32.3 Å². The highest BCUT2D eigenvalue weighted by atomic mass is 16.6. The van der Waals surface area contributed by atoms with E-state index in [1.807, 2.05) is 37.3 Å². The van der Waals surface area contributed by atoms with Gasteiger partial charge in [-0.1, -0.05) is 24.6 Å². The normalized spacial score (nSPS) is 17.7. The lowest BCUT2D eigenvalue weighted by molar-refractivity contribution is 0.0833. The molecule has 1 saturated heterocycles. The second kappa shape index (κ2) is 7.14. The number of piperidine rings is 1. The number of para-hydroxylation sites is 1. The number of hydrogen-bond acceptors (Lipinski definition) is 3. The zero-order valence-electron chi connectivity index (χ0n) is 11.5. The SMILES string of the molecule is C[C@@H](CN1CCCCC1)OC(=O)Nc1ccccc1. The van der Waals surface area contributed by atoms with Gasteiger partial charge in [-0.05, 0) is 45.0 Å². The zero-order chi connectivity index (χ0) is 13.5. The molecule has 1 atom stereocenters. The van der Waals surface area contributed by atoms with Crippen LogP contribution < -0.4 is 5.32 Å². The first kappa shape index (κ1) is 13.9. The number of nitrogens with one attached hydrogen (secondary N) is 1. The van der Waals surface area contributed by atoms with E-state index in [1.54, 1.807) is 0 Å². The number of benzene rings is 1. The van der Waals surface area contributed by atoms with Gasteiger partial charge in [0.15, 0.2) is 0 Å². The number of carbonyl (C=O) groups is 1. The number of rotatable bonds is 4. The number of amides is 1. The number of nitrogens with zero attached hydrogens (tertiary/aromatic N) is 1. The number of hydrogen-bond donors (Lipinski definition) is 1. The van der Waals surface area contributed by atoms with Crippen LogP contribution in [-0.2, 0) is 4.74 Å². The van der Waals surface area contributed by atoms with E-state index < -0.39 is 0 Å². The summed E-state index contributed by atoms with van der Waals surface area (Å²) in [6.45, 7) is 5.00. The van der Waals surface area contributed by atoms with Crippen LogP contribution in [0.4, 0.5) is 10.5 Å². The van der Waals surface area contributed by atoms with Crippen molar-refractivity contribution in [3.63, 3.8) is 0 Å². The minimum absolute atomic E-state index is 0.0817. The van der Waals surface area contributed by atoms with Crippen LogP contribution in [-0.4, -0.2) is 36.7 Å². The van der Waals surface area contributed by atoms with E-state index in [0.717, 1.165) is 25.3 Å². The second-order valence-corrected chi connectivity index (χ2v) is 5.07. The van der Waals surface area contributed by atoms with Crippen molar-refractivity contribution in [1.82, 2.24) is 4.90 Å². The van der Waals surface area contributed by atoms with Gasteiger partial charge in [-0.2, -0.15) is 0 Å². The monoisotopic (exact) mass is 262 g/mol. The number of carbonyl (C=O) groups excluding carboxylic acids is 1. The van der Waals surface area contributed by atoms with E-state index in [9.17, 15) is 4.79 Å². The molecule has 1 amide bonds. The van der Waals surface area contributed by atoms with E-state index >= 15 is 0 Å². The lowest BCUT2D eigenvalue weighted by atomic mass is 10.1. The molecule has 19 heavy (non-hydrogen) atoms. The van der Waals surface area contributed by atoms with Crippen LogP contribution in [0.15, 0.2) is 30.3 Å². The van der Waals surface area contributed by atoms with Crippen LogP contribution in [0.3, 0.4) is 0 Å². The molecule has 0 aromatic heterocycles. The molecule has 1 aliphatic rings. The Bertz CT molecular complexity index is 388. The smallest absolute Gasteiger partial charge is 0.411 e. The summed E-state index contributed by atoms with van der Waals surface area (Å²) in [5.41, 5.74) is 0.762. The molecule has 1 N–H and O–H groups in total. The average molecular weight is 262 g/mol. The van der Waals surface area contributed by atoms with Crippen molar-refractivity contribution in [3.8, 4) is 0 Å². The summed E-state index contributed by atoms with van der Waals surface area (Å²) >= 11 is 0. The van der Waals surface area contributed by atoms with Crippen molar-refractivity contribution >= 4 is 11.8 Å². The van der Waals surface area contributed by atoms with Gasteiger partial charge in [0.2, 0.25) is 0 Å². The van der Waals surface area contributed by atoms with Gasteiger partial charge in [0.25, 0.3) is 0 Å². The molecule has 1 fully saturated rings. The van der Waals surface area contributed by atoms with Crippen molar-refractivity contribution in [2.75, 3.05) is 25.0 Å². The maximum atomic E-state index is 11.7. The van der Waals surface area contributed by atoms with Gasteiger partial charge in [-0.3, -0.25) is 10.2 Å². The van der Waals surface area contributed by atoms with Crippen LogP contribution in [0, 0.1) is 0 Å². The van der Waals surface area contributed by atoms with Gasteiger partial charge in [0.05, 0.1) is 0 Å². The highest BCUT2D eigenvalue weighted by molar-refractivity contribution is 5.84. The van der Waals surface area contributed by atoms with E-state index in [-0.39, 0.29) is 12.2 Å². The largest absolute Gasteiger partial charge is 0.445 e. The van der Waals surface area contributed by atoms with Gasteiger partial charge in [0.1, 0.15) is 6.10 Å². The molecule has 0 spiro atoms. The topological polar surface area (TPSA) is 41.6 Å². The standard InChI is InChI=1S/C15H22N2O2/c1-13(12-17-10-6-3-7-11-17)19-15(18)16-14-8-4-2-5-9-14/h2,4-5,8-9,13H,3,6-7,10-12H2,1H3,(H,16,18)/t13-/m0/s1. The Kier molecular flexibility index (Phi) is 5.21. The van der Waals surface area contributed by atoms with Crippen LogP contribution >= 0.6 is 0 Å². The van der Waals surface area contributed by atoms with Crippen LogP contribution in [0.5, 0.6) is 0 Å². The molecule has 0 radical (unpaired) electrons. The molecule has 1 aliphatic heterocycles. The van der Waals surface area contributed by atoms with Gasteiger partial charge in [-0.25, -0.2) is 4.79 Å². The van der Waals surface area contributed by atoms with Crippen LogP contribution in [0.25, 0.3) is 0 Å².